The van der Waals surface area contributed by atoms with E-state index < -0.39 is 0 Å². The third-order valence-electron chi connectivity index (χ3n) is 4.30. The highest BCUT2D eigenvalue weighted by atomic mass is 16.5. The molecule has 0 saturated heterocycles. The fraction of sp³-hybridized carbons (Fsp3) is 0.588. The minimum absolute atomic E-state index is 0.171. The van der Waals surface area contributed by atoms with Crippen LogP contribution in [-0.4, -0.2) is 37.0 Å². The third-order valence-corrected chi connectivity index (χ3v) is 4.30. The number of amides is 1. The van der Waals surface area contributed by atoms with Crippen LogP contribution in [0.25, 0.3) is 0 Å². The van der Waals surface area contributed by atoms with Crippen molar-refractivity contribution in [3.8, 4) is 5.75 Å². The highest BCUT2D eigenvalue weighted by molar-refractivity contribution is 5.76. The predicted octanol–water partition coefficient (Wildman–Crippen LogP) is 2.35. The lowest BCUT2D eigenvalue weighted by molar-refractivity contribution is -0.131. The molecule has 0 unspecified atom stereocenters. The van der Waals surface area contributed by atoms with E-state index >= 15 is 0 Å². The van der Waals surface area contributed by atoms with Crippen molar-refractivity contribution < 1.29 is 9.53 Å². The number of hydrogen-bond donors (Lipinski definition) is 1. The minimum atomic E-state index is 0.171. The van der Waals surface area contributed by atoms with Gasteiger partial charge in [0.2, 0.25) is 5.91 Å². The summed E-state index contributed by atoms with van der Waals surface area (Å²) in [6.07, 6.45) is 3.86. The van der Waals surface area contributed by atoms with Gasteiger partial charge < -0.3 is 15.4 Å². The van der Waals surface area contributed by atoms with Gasteiger partial charge in [0.05, 0.1) is 6.54 Å². The topological polar surface area (TPSA) is 55.6 Å². The average Bonchev–Trinajstić information content (AvgIpc) is 2.86. The molecule has 0 aliphatic heterocycles. The Morgan fingerprint density at radius 3 is 2.67 bits per heavy atom. The molecular weight excluding hydrogens is 264 g/mol. The molecule has 0 heterocycles. The van der Waals surface area contributed by atoms with Crippen LogP contribution in [0.4, 0.5) is 0 Å². The number of rotatable bonds is 6. The lowest BCUT2D eigenvalue weighted by Gasteiger charge is -2.21. The fourth-order valence-electron chi connectivity index (χ4n) is 2.76. The van der Waals surface area contributed by atoms with Crippen molar-refractivity contribution in [3.63, 3.8) is 0 Å². The zero-order valence-electron chi connectivity index (χ0n) is 13.0. The van der Waals surface area contributed by atoms with Gasteiger partial charge in [-0.3, -0.25) is 4.79 Å². The molecule has 1 aromatic carbocycles. The summed E-state index contributed by atoms with van der Waals surface area (Å²) < 4.78 is 5.65. The van der Waals surface area contributed by atoms with Gasteiger partial charge in [-0.15, -0.1) is 0 Å². The fourth-order valence-corrected chi connectivity index (χ4v) is 2.76. The summed E-state index contributed by atoms with van der Waals surface area (Å²) in [6.45, 7) is 3.17. The normalized spacial score (nSPS) is 21.3. The first kappa shape index (κ1) is 15.8. The summed E-state index contributed by atoms with van der Waals surface area (Å²) in [4.78, 5) is 13.9. The molecule has 1 aliphatic rings. The van der Waals surface area contributed by atoms with E-state index in [1.54, 1.807) is 4.90 Å². The van der Waals surface area contributed by atoms with Gasteiger partial charge in [0.25, 0.3) is 0 Å². The largest absolute Gasteiger partial charge is 0.492 e. The summed E-state index contributed by atoms with van der Waals surface area (Å²) in [5, 5.41) is 0. The number of hydrogen-bond acceptors (Lipinski definition) is 3. The predicted molar refractivity (Wildman–Crippen MR) is 84.2 cm³/mol. The van der Waals surface area contributed by atoms with Crippen molar-refractivity contribution in [2.24, 2.45) is 11.7 Å². The Bertz CT molecular complexity index is 458. The van der Waals surface area contributed by atoms with Gasteiger partial charge in [0.1, 0.15) is 12.4 Å². The number of carbonyl (C=O) groups is 1. The van der Waals surface area contributed by atoms with Crippen LogP contribution in [0.1, 0.15) is 31.2 Å². The lowest BCUT2D eigenvalue weighted by atomic mass is 9.99. The molecule has 0 aromatic heterocycles. The van der Waals surface area contributed by atoms with Crippen LogP contribution in [0.5, 0.6) is 5.75 Å². The molecule has 1 aliphatic carbocycles. The van der Waals surface area contributed by atoms with Gasteiger partial charge in [-0.05, 0) is 37.8 Å². The average molecular weight is 290 g/mol. The molecule has 0 radical (unpaired) electrons. The molecule has 4 heteroatoms. The van der Waals surface area contributed by atoms with E-state index in [0.717, 1.165) is 25.0 Å². The van der Waals surface area contributed by atoms with E-state index in [4.69, 9.17) is 10.5 Å². The van der Waals surface area contributed by atoms with Gasteiger partial charge in [-0.2, -0.15) is 0 Å². The Labute approximate surface area is 127 Å². The van der Waals surface area contributed by atoms with Gasteiger partial charge in [-0.1, -0.05) is 24.1 Å². The van der Waals surface area contributed by atoms with E-state index in [9.17, 15) is 4.79 Å². The molecular formula is C17H26N2O2. The molecule has 1 aromatic rings. The van der Waals surface area contributed by atoms with Crippen LogP contribution >= 0.6 is 0 Å². The number of ether oxygens (including phenoxy) is 1. The summed E-state index contributed by atoms with van der Waals surface area (Å²) in [5.74, 6) is 1.38. The summed E-state index contributed by atoms with van der Waals surface area (Å²) in [5.41, 5.74) is 7.23. The zero-order chi connectivity index (χ0) is 15.2. The maximum atomic E-state index is 12.1. The van der Waals surface area contributed by atoms with Crippen LogP contribution < -0.4 is 10.5 Å². The molecule has 2 rings (SSSR count). The van der Waals surface area contributed by atoms with Gasteiger partial charge in [-0.25, -0.2) is 0 Å². The Morgan fingerprint density at radius 1 is 1.33 bits per heavy atom. The second-order valence-electron chi connectivity index (χ2n) is 6.04. The Hall–Kier alpha value is -1.55. The highest BCUT2D eigenvalue weighted by Gasteiger charge is 2.27. The quantitative estimate of drug-likeness (QED) is 0.875. The number of carbonyl (C=O) groups excluding carboxylic acids is 1. The number of aryl methyl sites for hydroxylation is 1. The van der Waals surface area contributed by atoms with E-state index in [2.05, 4.69) is 0 Å². The minimum Gasteiger partial charge on any atom is -0.492 e. The van der Waals surface area contributed by atoms with Crippen molar-refractivity contribution >= 4 is 5.91 Å². The number of likely N-dealkylation sites (N-methyl/N-ethyl adjacent to an activating group) is 1. The van der Waals surface area contributed by atoms with E-state index in [1.807, 2.05) is 38.2 Å². The van der Waals surface area contributed by atoms with Crippen molar-refractivity contribution in [1.29, 1.82) is 0 Å². The first-order valence-corrected chi connectivity index (χ1v) is 7.75. The number of nitrogens with zero attached hydrogens (tertiary/aromatic N) is 1. The molecule has 21 heavy (non-hydrogen) atoms. The lowest BCUT2D eigenvalue weighted by Crippen LogP contribution is -2.35. The molecule has 116 valence electrons. The molecule has 1 saturated carbocycles. The standard InChI is InChI=1S/C17H26N2O2/c1-13-6-8-15(9-7-13)21-11-10-19(2)17(20)12-14-4-3-5-16(14)18/h6-9,14,16H,3-5,10-12,18H2,1-2H3/t14-,16+/m0/s1. The molecule has 2 atom stereocenters. The van der Waals surface area contributed by atoms with Gasteiger partial charge in [0.15, 0.2) is 0 Å². The second-order valence-corrected chi connectivity index (χ2v) is 6.04. The zero-order valence-corrected chi connectivity index (χ0v) is 13.0. The summed E-state index contributed by atoms with van der Waals surface area (Å²) >= 11 is 0. The first-order chi connectivity index (χ1) is 10.1. The second kappa shape index (κ2) is 7.46. The molecule has 4 nitrogen and oxygen atoms in total. The molecule has 1 amide bonds. The van der Waals surface area contributed by atoms with Crippen LogP contribution in [0.2, 0.25) is 0 Å². The molecule has 2 N–H and O–H groups in total. The van der Waals surface area contributed by atoms with Gasteiger partial charge in [0, 0.05) is 19.5 Å². The molecule has 1 fully saturated rings. The number of benzene rings is 1. The first-order valence-electron chi connectivity index (χ1n) is 7.75. The van der Waals surface area contributed by atoms with Crippen LogP contribution in [0, 0.1) is 12.8 Å². The summed E-state index contributed by atoms with van der Waals surface area (Å²) in [7, 11) is 1.83. The van der Waals surface area contributed by atoms with Crippen LogP contribution in [0.3, 0.4) is 0 Å². The monoisotopic (exact) mass is 290 g/mol. The summed E-state index contributed by atoms with van der Waals surface area (Å²) in [6, 6.07) is 8.15. The highest BCUT2D eigenvalue weighted by Crippen LogP contribution is 2.27. The number of nitrogens with two attached hydrogens (primary N) is 1. The van der Waals surface area contributed by atoms with E-state index in [1.165, 1.54) is 5.56 Å². The van der Waals surface area contributed by atoms with Crippen LogP contribution in [-0.2, 0) is 4.79 Å². The van der Waals surface area contributed by atoms with Crippen molar-refractivity contribution in [2.75, 3.05) is 20.2 Å². The van der Waals surface area contributed by atoms with Crippen molar-refractivity contribution in [1.82, 2.24) is 4.90 Å². The Kier molecular flexibility index (Phi) is 5.62. The Balaban J connectivity index is 1.69. The molecule has 0 spiro atoms. The maximum absolute atomic E-state index is 12.1. The van der Waals surface area contributed by atoms with Crippen LogP contribution in [0.15, 0.2) is 24.3 Å². The van der Waals surface area contributed by atoms with Crippen molar-refractivity contribution in [3.05, 3.63) is 29.8 Å². The smallest absolute Gasteiger partial charge is 0.222 e. The van der Waals surface area contributed by atoms with Crippen molar-refractivity contribution in [2.45, 2.75) is 38.6 Å². The van der Waals surface area contributed by atoms with E-state index in [-0.39, 0.29) is 11.9 Å². The van der Waals surface area contributed by atoms with Gasteiger partial charge >= 0.3 is 0 Å². The molecule has 0 bridgehead atoms. The maximum Gasteiger partial charge on any atom is 0.222 e. The SMILES string of the molecule is Cc1ccc(OCCN(C)C(=O)C[C@@H]2CCC[C@H]2N)cc1. The Morgan fingerprint density at radius 2 is 2.05 bits per heavy atom. The third kappa shape index (κ3) is 4.74. The van der Waals surface area contributed by atoms with E-state index in [0.29, 0.717) is 25.5 Å².